The Kier molecular flexibility index (Phi) is 3.84. The van der Waals surface area contributed by atoms with Crippen LogP contribution in [0.2, 0.25) is 5.02 Å². The van der Waals surface area contributed by atoms with Crippen molar-refractivity contribution in [3.05, 3.63) is 96.0 Å². The van der Waals surface area contributed by atoms with Crippen LogP contribution in [0.15, 0.2) is 91.0 Å². The Morgan fingerprint density at radius 3 is 1.52 bits per heavy atom. The molecule has 0 aliphatic rings. The van der Waals surface area contributed by atoms with Crippen molar-refractivity contribution < 1.29 is 0 Å². The van der Waals surface area contributed by atoms with Crippen LogP contribution in [0.5, 0.6) is 0 Å². The normalized spacial score (nSPS) is 11.1. The van der Waals surface area contributed by atoms with Gasteiger partial charge >= 0.3 is 0 Å². The van der Waals surface area contributed by atoms with Crippen LogP contribution in [0, 0.1) is 0 Å². The monoisotopic (exact) mass is 366 g/mol. The average molecular weight is 367 g/mol. The predicted molar refractivity (Wildman–Crippen MR) is 113 cm³/mol. The van der Waals surface area contributed by atoms with E-state index >= 15 is 0 Å². The van der Waals surface area contributed by atoms with Gasteiger partial charge in [0.15, 0.2) is 0 Å². The highest BCUT2D eigenvalue weighted by atomic mass is 35.5. The highest BCUT2D eigenvalue weighted by Crippen LogP contribution is 2.30. The summed E-state index contributed by atoms with van der Waals surface area (Å²) in [5, 5.41) is 2.92. The van der Waals surface area contributed by atoms with Crippen molar-refractivity contribution in [1.82, 2.24) is 9.97 Å². The third-order valence-corrected chi connectivity index (χ3v) is 4.90. The number of para-hydroxylation sites is 2. The second-order valence-corrected chi connectivity index (χ2v) is 6.94. The van der Waals surface area contributed by atoms with E-state index in [0.717, 1.165) is 44.3 Å². The topological polar surface area (TPSA) is 25.8 Å². The molecule has 0 aliphatic heterocycles. The number of hydrogen-bond donors (Lipinski definition) is 0. The molecule has 3 heteroatoms. The van der Waals surface area contributed by atoms with Crippen LogP contribution in [0.4, 0.5) is 0 Å². The van der Waals surface area contributed by atoms with Gasteiger partial charge in [-0.25, -0.2) is 9.97 Å². The molecule has 128 valence electrons. The first-order valence-electron chi connectivity index (χ1n) is 8.79. The van der Waals surface area contributed by atoms with Gasteiger partial charge < -0.3 is 0 Å². The van der Waals surface area contributed by atoms with Crippen LogP contribution in [0.25, 0.3) is 44.3 Å². The van der Waals surface area contributed by atoms with Crippen LogP contribution in [0.1, 0.15) is 0 Å². The zero-order valence-electron chi connectivity index (χ0n) is 14.4. The number of nitrogens with zero attached hydrogens (tertiary/aromatic N) is 2. The number of benzene rings is 3. The van der Waals surface area contributed by atoms with E-state index in [2.05, 4.69) is 30.3 Å². The molecule has 0 spiro atoms. The van der Waals surface area contributed by atoms with Crippen molar-refractivity contribution in [2.45, 2.75) is 0 Å². The van der Waals surface area contributed by atoms with E-state index in [0.29, 0.717) is 5.02 Å². The van der Waals surface area contributed by atoms with Crippen molar-refractivity contribution in [3.8, 4) is 22.5 Å². The van der Waals surface area contributed by atoms with Crippen LogP contribution in [-0.4, -0.2) is 9.97 Å². The van der Waals surface area contributed by atoms with Gasteiger partial charge in [-0.2, -0.15) is 0 Å². The summed E-state index contributed by atoms with van der Waals surface area (Å²) in [5.41, 5.74) is 5.72. The Morgan fingerprint density at radius 2 is 1.00 bits per heavy atom. The molecule has 5 aromatic rings. The summed E-state index contributed by atoms with van der Waals surface area (Å²) in [5.74, 6) is 0. The molecule has 0 unspecified atom stereocenters. The molecule has 3 aromatic carbocycles. The highest BCUT2D eigenvalue weighted by molar-refractivity contribution is 6.31. The molecule has 5 rings (SSSR count). The summed E-state index contributed by atoms with van der Waals surface area (Å²) in [7, 11) is 0. The number of hydrogen-bond acceptors (Lipinski definition) is 2. The minimum atomic E-state index is 0.674. The molecule has 0 saturated carbocycles. The summed E-state index contributed by atoms with van der Waals surface area (Å²) >= 11 is 6.43. The maximum absolute atomic E-state index is 6.43. The average Bonchev–Trinajstić information content (AvgIpc) is 2.72. The smallest absolute Gasteiger partial charge is 0.0710 e. The Labute approximate surface area is 162 Å². The van der Waals surface area contributed by atoms with Gasteiger partial charge in [-0.05, 0) is 42.5 Å². The molecule has 0 N–H and O–H groups in total. The van der Waals surface area contributed by atoms with Crippen molar-refractivity contribution in [1.29, 1.82) is 0 Å². The lowest BCUT2D eigenvalue weighted by Crippen LogP contribution is -1.89. The molecule has 27 heavy (non-hydrogen) atoms. The molecule has 0 aliphatic carbocycles. The second kappa shape index (κ2) is 6.49. The van der Waals surface area contributed by atoms with E-state index < -0.39 is 0 Å². The first kappa shape index (κ1) is 16.0. The number of rotatable bonds is 2. The van der Waals surface area contributed by atoms with Crippen molar-refractivity contribution in [2.75, 3.05) is 0 Å². The molecule has 0 atom stereocenters. The lowest BCUT2D eigenvalue weighted by molar-refractivity contribution is 1.38. The van der Waals surface area contributed by atoms with Crippen molar-refractivity contribution >= 4 is 33.4 Å². The summed E-state index contributed by atoms with van der Waals surface area (Å²) in [4.78, 5) is 9.58. The number of pyridine rings is 2. The minimum absolute atomic E-state index is 0.674. The molecular formula is C24H15ClN2. The van der Waals surface area contributed by atoms with E-state index in [1.165, 1.54) is 0 Å². The van der Waals surface area contributed by atoms with Gasteiger partial charge in [0.05, 0.1) is 22.4 Å². The largest absolute Gasteiger partial charge is 0.248 e. The van der Waals surface area contributed by atoms with Gasteiger partial charge in [0, 0.05) is 26.9 Å². The maximum atomic E-state index is 6.43. The Balaban J connectivity index is 1.64. The Bertz CT molecular complexity index is 1200. The fraction of sp³-hybridized carbons (Fsp3) is 0. The lowest BCUT2D eigenvalue weighted by Gasteiger charge is -2.08. The van der Waals surface area contributed by atoms with Gasteiger partial charge in [-0.15, -0.1) is 0 Å². The quantitative estimate of drug-likeness (QED) is 0.344. The third-order valence-electron chi connectivity index (χ3n) is 4.69. The van der Waals surface area contributed by atoms with E-state index in [1.54, 1.807) is 0 Å². The van der Waals surface area contributed by atoms with Gasteiger partial charge in [0.1, 0.15) is 0 Å². The van der Waals surface area contributed by atoms with Crippen LogP contribution >= 0.6 is 11.6 Å². The molecule has 2 aromatic heterocycles. The summed E-state index contributed by atoms with van der Waals surface area (Å²) < 4.78 is 0. The molecule has 0 fully saturated rings. The summed E-state index contributed by atoms with van der Waals surface area (Å²) in [6.45, 7) is 0. The molecule has 2 heterocycles. The molecule has 0 bridgehead atoms. The fourth-order valence-electron chi connectivity index (χ4n) is 3.34. The zero-order chi connectivity index (χ0) is 18.2. The van der Waals surface area contributed by atoms with E-state index in [1.807, 2.05) is 60.7 Å². The fourth-order valence-corrected chi connectivity index (χ4v) is 3.57. The minimum Gasteiger partial charge on any atom is -0.248 e. The van der Waals surface area contributed by atoms with Crippen LogP contribution in [0.3, 0.4) is 0 Å². The van der Waals surface area contributed by atoms with E-state index in [-0.39, 0.29) is 0 Å². The lowest BCUT2D eigenvalue weighted by atomic mass is 10.0. The zero-order valence-corrected chi connectivity index (χ0v) is 15.2. The Hall–Kier alpha value is -3.23. The number of halogens is 1. The van der Waals surface area contributed by atoms with Gasteiger partial charge in [0.2, 0.25) is 0 Å². The van der Waals surface area contributed by atoms with E-state index in [4.69, 9.17) is 21.6 Å². The predicted octanol–water partition coefficient (Wildman–Crippen LogP) is 6.77. The SMILES string of the molecule is Clc1cc(-c2ccc3ccccc3n2)cc(-c2ccc3ccccc3n2)c1. The molecule has 2 nitrogen and oxygen atoms in total. The Morgan fingerprint density at radius 1 is 0.519 bits per heavy atom. The molecule has 0 amide bonds. The highest BCUT2D eigenvalue weighted by Gasteiger charge is 2.08. The van der Waals surface area contributed by atoms with Gasteiger partial charge in [-0.3, -0.25) is 0 Å². The third kappa shape index (κ3) is 3.05. The molecule has 0 saturated heterocycles. The number of fused-ring (bicyclic) bond motifs is 2. The maximum Gasteiger partial charge on any atom is 0.0710 e. The van der Waals surface area contributed by atoms with Crippen LogP contribution in [-0.2, 0) is 0 Å². The van der Waals surface area contributed by atoms with Gasteiger partial charge in [0.25, 0.3) is 0 Å². The van der Waals surface area contributed by atoms with E-state index in [9.17, 15) is 0 Å². The van der Waals surface area contributed by atoms with Crippen molar-refractivity contribution in [3.63, 3.8) is 0 Å². The first-order chi connectivity index (χ1) is 13.3. The van der Waals surface area contributed by atoms with Crippen LogP contribution < -0.4 is 0 Å². The first-order valence-corrected chi connectivity index (χ1v) is 9.17. The standard InChI is InChI=1S/C24H15ClN2/c25-20-14-18(23-11-9-16-5-1-3-7-21(16)26-23)13-19(15-20)24-12-10-17-6-2-4-8-22(17)27-24/h1-15H. The second-order valence-electron chi connectivity index (χ2n) is 6.51. The molecular weight excluding hydrogens is 352 g/mol. The molecule has 0 radical (unpaired) electrons. The van der Waals surface area contributed by atoms with Crippen molar-refractivity contribution in [2.24, 2.45) is 0 Å². The summed E-state index contributed by atoms with van der Waals surface area (Å²) in [6.07, 6.45) is 0. The summed E-state index contributed by atoms with van der Waals surface area (Å²) in [6, 6.07) is 30.5. The number of aromatic nitrogens is 2. The van der Waals surface area contributed by atoms with Gasteiger partial charge in [-0.1, -0.05) is 60.1 Å².